The summed E-state index contributed by atoms with van der Waals surface area (Å²) in [5, 5.41) is 0.232. The van der Waals surface area contributed by atoms with Crippen molar-refractivity contribution in [1.29, 1.82) is 0 Å². The number of Topliss-reactive ketones (excluding diaryl/α,β-unsaturated/α-hetero) is 1. The molecule has 1 aliphatic heterocycles. The Morgan fingerprint density at radius 1 is 1.50 bits per heavy atom. The van der Waals surface area contributed by atoms with Crippen LogP contribution in [0.4, 0.5) is 0 Å². The van der Waals surface area contributed by atoms with Gasteiger partial charge in [0.25, 0.3) is 5.91 Å². The second kappa shape index (κ2) is 2.32. The van der Waals surface area contributed by atoms with Crippen molar-refractivity contribution in [3.63, 3.8) is 0 Å². The molecule has 5 heteroatoms. The van der Waals surface area contributed by atoms with E-state index in [1.807, 2.05) is 0 Å². The molecule has 1 spiro atoms. The lowest BCUT2D eigenvalue weighted by Crippen LogP contribution is -2.35. The predicted molar refractivity (Wildman–Crippen MR) is 45.8 cm³/mol. The quantitative estimate of drug-likeness (QED) is 0.540. The third-order valence-electron chi connectivity index (χ3n) is 2.22. The van der Waals surface area contributed by atoms with Gasteiger partial charge in [0.05, 0.1) is 0 Å². The lowest BCUT2D eigenvalue weighted by atomic mass is 10.1. The van der Waals surface area contributed by atoms with Gasteiger partial charge >= 0.3 is 0 Å². The molecule has 1 amide bonds. The summed E-state index contributed by atoms with van der Waals surface area (Å²) in [4.78, 5) is 26.3. The first-order valence-electron chi connectivity index (χ1n) is 3.76. The normalized spacial score (nSPS) is 34.8. The van der Waals surface area contributed by atoms with Crippen LogP contribution in [0.2, 0.25) is 0 Å². The number of ketones is 1. The van der Waals surface area contributed by atoms with Gasteiger partial charge < -0.3 is 5.73 Å². The molecule has 64 valence electrons. The third kappa shape index (κ3) is 0.827. The maximum Gasteiger partial charge on any atom is 0.272 e. The van der Waals surface area contributed by atoms with E-state index in [-0.39, 0.29) is 16.9 Å². The van der Waals surface area contributed by atoms with Crippen LogP contribution in [0.1, 0.15) is 19.3 Å². The highest BCUT2D eigenvalue weighted by Gasteiger charge is 2.53. The molecule has 1 saturated carbocycles. The van der Waals surface area contributed by atoms with E-state index in [0.29, 0.717) is 12.8 Å². The molecular weight excluding hydrogens is 176 g/mol. The predicted octanol–water partition coefficient (Wildman–Crippen LogP) is 0.0663. The Morgan fingerprint density at radius 2 is 2.25 bits per heavy atom. The second-order valence-corrected chi connectivity index (χ2v) is 4.28. The molecule has 0 saturated heterocycles. The van der Waals surface area contributed by atoms with E-state index in [0.717, 1.165) is 18.2 Å². The lowest BCUT2D eigenvalue weighted by molar-refractivity contribution is -0.127. The van der Waals surface area contributed by atoms with E-state index in [2.05, 4.69) is 4.99 Å². The SMILES string of the molecule is NC1=NC(=O)C2(CCCC2=O)S1. The van der Waals surface area contributed by atoms with E-state index in [1.54, 1.807) is 0 Å². The monoisotopic (exact) mass is 184 g/mol. The summed E-state index contributed by atoms with van der Waals surface area (Å²) in [6, 6.07) is 0. The van der Waals surface area contributed by atoms with E-state index in [4.69, 9.17) is 5.73 Å². The number of hydrogen-bond donors (Lipinski definition) is 1. The number of amidine groups is 1. The van der Waals surface area contributed by atoms with Crippen molar-refractivity contribution in [2.45, 2.75) is 24.0 Å². The van der Waals surface area contributed by atoms with E-state index in [1.165, 1.54) is 0 Å². The van der Waals surface area contributed by atoms with Crippen molar-refractivity contribution < 1.29 is 9.59 Å². The van der Waals surface area contributed by atoms with Crippen molar-refractivity contribution in [3.8, 4) is 0 Å². The van der Waals surface area contributed by atoms with Gasteiger partial charge in [0, 0.05) is 6.42 Å². The molecule has 0 aromatic carbocycles. The summed E-state index contributed by atoms with van der Waals surface area (Å²) in [5.41, 5.74) is 5.38. The summed E-state index contributed by atoms with van der Waals surface area (Å²) in [6.07, 6.45) is 1.86. The molecule has 2 aliphatic rings. The van der Waals surface area contributed by atoms with Crippen LogP contribution in [0.15, 0.2) is 4.99 Å². The first kappa shape index (κ1) is 7.79. The highest BCUT2D eigenvalue weighted by atomic mass is 32.2. The molecule has 2 rings (SSSR count). The van der Waals surface area contributed by atoms with Crippen molar-refractivity contribution in [1.82, 2.24) is 0 Å². The van der Waals surface area contributed by atoms with Crippen molar-refractivity contribution in [2.24, 2.45) is 10.7 Å². The Kier molecular flexibility index (Phi) is 1.51. The minimum atomic E-state index is -0.913. The Morgan fingerprint density at radius 3 is 2.67 bits per heavy atom. The maximum absolute atomic E-state index is 11.4. The number of amides is 1. The number of aliphatic imine (C=N–C) groups is 1. The summed E-state index contributed by atoms with van der Waals surface area (Å²) in [6.45, 7) is 0. The van der Waals surface area contributed by atoms with Gasteiger partial charge in [-0.25, -0.2) is 0 Å². The average molecular weight is 184 g/mol. The van der Waals surface area contributed by atoms with Crippen LogP contribution in [0.25, 0.3) is 0 Å². The summed E-state index contributed by atoms with van der Waals surface area (Å²) < 4.78 is -0.913. The maximum atomic E-state index is 11.4. The van der Waals surface area contributed by atoms with Crippen LogP contribution >= 0.6 is 11.8 Å². The van der Waals surface area contributed by atoms with Gasteiger partial charge in [-0.3, -0.25) is 9.59 Å². The van der Waals surface area contributed by atoms with E-state index in [9.17, 15) is 9.59 Å². The average Bonchev–Trinajstić information content (AvgIpc) is 2.44. The van der Waals surface area contributed by atoms with Gasteiger partial charge in [-0.05, 0) is 12.8 Å². The van der Waals surface area contributed by atoms with E-state index < -0.39 is 4.75 Å². The van der Waals surface area contributed by atoms with Gasteiger partial charge in [-0.1, -0.05) is 11.8 Å². The first-order chi connectivity index (χ1) is 5.65. The largest absolute Gasteiger partial charge is 0.378 e. The standard InChI is InChI=1S/C7H8N2O2S/c8-6-9-5(11)7(12-6)3-1-2-4(7)10/h1-3H2,(H2,8,9,11). The van der Waals surface area contributed by atoms with Crippen LogP contribution in [0.3, 0.4) is 0 Å². The molecule has 0 aromatic heterocycles. The zero-order chi connectivity index (χ0) is 8.77. The van der Waals surface area contributed by atoms with Gasteiger partial charge in [0.2, 0.25) is 0 Å². The molecule has 1 unspecified atom stereocenters. The fourth-order valence-corrected chi connectivity index (χ4v) is 2.69. The Balaban J connectivity index is 2.36. The molecule has 2 N–H and O–H groups in total. The molecular formula is C7H8N2O2S. The van der Waals surface area contributed by atoms with Gasteiger partial charge in [-0.2, -0.15) is 4.99 Å². The number of thioether (sulfide) groups is 1. The summed E-state index contributed by atoms with van der Waals surface area (Å²) in [7, 11) is 0. The number of carbonyl (C=O) groups excluding carboxylic acids is 2. The Hall–Kier alpha value is -0.840. The molecule has 1 fully saturated rings. The van der Waals surface area contributed by atoms with Gasteiger partial charge in [0.1, 0.15) is 0 Å². The fourth-order valence-electron chi connectivity index (χ4n) is 1.61. The van der Waals surface area contributed by atoms with Crippen LogP contribution < -0.4 is 5.73 Å². The number of rotatable bonds is 0. The van der Waals surface area contributed by atoms with Crippen molar-refractivity contribution in [3.05, 3.63) is 0 Å². The molecule has 1 heterocycles. The molecule has 1 aliphatic carbocycles. The van der Waals surface area contributed by atoms with Crippen LogP contribution in [0, 0.1) is 0 Å². The topological polar surface area (TPSA) is 72.5 Å². The van der Waals surface area contributed by atoms with Crippen molar-refractivity contribution >= 4 is 28.6 Å². The Labute approximate surface area is 73.6 Å². The molecule has 0 bridgehead atoms. The highest BCUT2D eigenvalue weighted by molar-refractivity contribution is 8.16. The smallest absolute Gasteiger partial charge is 0.272 e. The molecule has 0 aromatic rings. The number of carbonyl (C=O) groups is 2. The second-order valence-electron chi connectivity index (χ2n) is 2.96. The summed E-state index contributed by atoms with van der Waals surface area (Å²) >= 11 is 1.12. The van der Waals surface area contributed by atoms with Crippen LogP contribution in [-0.4, -0.2) is 21.6 Å². The first-order valence-corrected chi connectivity index (χ1v) is 4.58. The lowest BCUT2D eigenvalue weighted by Gasteiger charge is -2.14. The number of nitrogens with zero attached hydrogens (tertiary/aromatic N) is 1. The zero-order valence-electron chi connectivity index (χ0n) is 6.37. The minimum absolute atomic E-state index is 0.0123. The third-order valence-corrected chi connectivity index (χ3v) is 3.47. The van der Waals surface area contributed by atoms with E-state index >= 15 is 0 Å². The van der Waals surface area contributed by atoms with Crippen LogP contribution in [-0.2, 0) is 9.59 Å². The molecule has 12 heavy (non-hydrogen) atoms. The fraction of sp³-hybridized carbons (Fsp3) is 0.571. The molecule has 1 atom stereocenters. The number of nitrogens with two attached hydrogens (primary N) is 1. The van der Waals surface area contributed by atoms with Gasteiger partial charge in [-0.15, -0.1) is 0 Å². The highest BCUT2D eigenvalue weighted by Crippen LogP contribution is 2.43. The summed E-state index contributed by atoms with van der Waals surface area (Å²) in [5.74, 6) is -0.366. The van der Waals surface area contributed by atoms with Crippen LogP contribution in [0.5, 0.6) is 0 Å². The molecule has 4 nitrogen and oxygen atoms in total. The van der Waals surface area contributed by atoms with Gasteiger partial charge in [0.15, 0.2) is 15.7 Å². The van der Waals surface area contributed by atoms with Crippen molar-refractivity contribution in [2.75, 3.05) is 0 Å². The molecule has 0 radical (unpaired) electrons. The zero-order valence-corrected chi connectivity index (χ0v) is 7.19. The Bertz CT molecular complexity index is 300. The number of hydrogen-bond acceptors (Lipinski definition) is 4. The minimum Gasteiger partial charge on any atom is -0.378 e.